The molecule has 4 nitrogen and oxygen atoms in total. The van der Waals surface area contributed by atoms with E-state index >= 15 is 0 Å². The van der Waals surface area contributed by atoms with Crippen LogP contribution in [0.1, 0.15) is 43.3 Å². The minimum atomic E-state index is 0.373. The van der Waals surface area contributed by atoms with Crippen LogP contribution in [0.3, 0.4) is 0 Å². The second-order valence-electron chi connectivity index (χ2n) is 5.19. The number of nitrogens with zero attached hydrogens (tertiary/aromatic N) is 2. The molecule has 94 valence electrons. The van der Waals surface area contributed by atoms with Crippen LogP contribution in [0.25, 0.3) is 0 Å². The second kappa shape index (κ2) is 4.78. The van der Waals surface area contributed by atoms with Gasteiger partial charge in [-0.2, -0.15) is 0 Å². The van der Waals surface area contributed by atoms with Gasteiger partial charge in [-0.15, -0.1) is 0 Å². The number of rotatable bonds is 3. The molecule has 3 rings (SSSR count). The monoisotopic (exact) mass is 235 g/mol. The molecule has 1 saturated carbocycles. The first kappa shape index (κ1) is 11.2. The highest BCUT2D eigenvalue weighted by atomic mass is 16.5. The lowest BCUT2D eigenvalue weighted by molar-refractivity contribution is 0.0738. The Balaban J connectivity index is 1.84. The third-order valence-corrected chi connectivity index (χ3v) is 4.25. The highest BCUT2D eigenvalue weighted by Gasteiger charge is 2.31. The molecule has 1 N–H and O–H groups in total. The number of hydrogen-bond donors (Lipinski definition) is 1. The topological polar surface area (TPSA) is 39.1 Å². The van der Waals surface area contributed by atoms with Crippen molar-refractivity contribution in [1.29, 1.82) is 0 Å². The first-order valence-corrected chi connectivity index (χ1v) is 6.65. The fourth-order valence-corrected chi connectivity index (χ4v) is 3.31. The molecule has 1 aromatic heterocycles. The normalized spacial score (nSPS) is 33.4. The van der Waals surface area contributed by atoms with Crippen molar-refractivity contribution in [1.82, 2.24) is 14.9 Å². The van der Waals surface area contributed by atoms with Crippen molar-refractivity contribution < 1.29 is 4.74 Å². The number of ether oxygens (including phenoxy) is 1. The molecule has 1 aromatic rings. The lowest BCUT2D eigenvalue weighted by atomic mass is 10.0. The summed E-state index contributed by atoms with van der Waals surface area (Å²) in [6.07, 6.45) is 9.32. The summed E-state index contributed by atoms with van der Waals surface area (Å²) in [5.74, 6) is 0.635. The van der Waals surface area contributed by atoms with Crippen molar-refractivity contribution in [2.45, 2.75) is 43.7 Å². The van der Waals surface area contributed by atoms with E-state index in [1.807, 2.05) is 19.6 Å². The molecule has 17 heavy (non-hydrogen) atoms. The summed E-state index contributed by atoms with van der Waals surface area (Å²) in [4.78, 5) is 4.36. The van der Waals surface area contributed by atoms with Crippen LogP contribution in [-0.4, -0.2) is 35.9 Å². The first-order valence-electron chi connectivity index (χ1n) is 6.65. The number of hydrogen-bond acceptors (Lipinski definition) is 3. The van der Waals surface area contributed by atoms with Crippen LogP contribution in [0.5, 0.6) is 0 Å². The van der Waals surface area contributed by atoms with E-state index in [1.165, 1.54) is 31.4 Å². The van der Waals surface area contributed by atoms with Gasteiger partial charge in [0.2, 0.25) is 0 Å². The largest absolute Gasteiger partial charge is 0.379 e. The average Bonchev–Trinajstić information content (AvgIpc) is 3.09. The van der Waals surface area contributed by atoms with Gasteiger partial charge in [0.15, 0.2) is 0 Å². The number of imidazole rings is 1. The van der Waals surface area contributed by atoms with E-state index in [1.54, 1.807) is 0 Å². The molecule has 0 amide bonds. The Morgan fingerprint density at radius 1 is 1.41 bits per heavy atom. The number of methoxy groups -OCH3 is 1. The molecule has 2 fully saturated rings. The van der Waals surface area contributed by atoms with Gasteiger partial charge in [-0.05, 0) is 32.2 Å². The molecule has 0 aromatic carbocycles. The molecule has 4 heteroatoms. The zero-order chi connectivity index (χ0) is 11.7. The van der Waals surface area contributed by atoms with Gasteiger partial charge in [0.25, 0.3) is 0 Å². The predicted octanol–water partition coefficient (Wildman–Crippen LogP) is 1.70. The summed E-state index contributed by atoms with van der Waals surface area (Å²) < 4.78 is 7.97. The van der Waals surface area contributed by atoms with Gasteiger partial charge in [0, 0.05) is 31.5 Å². The molecule has 0 radical (unpaired) electrons. The van der Waals surface area contributed by atoms with Gasteiger partial charge in [-0.25, -0.2) is 4.98 Å². The highest BCUT2D eigenvalue weighted by Crippen LogP contribution is 2.35. The summed E-state index contributed by atoms with van der Waals surface area (Å²) in [5.41, 5.74) is 1.39. The summed E-state index contributed by atoms with van der Waals surface area (Å²) in [7, 11) is 1.83. The molecule has 2 aliphatic rings. The molecule has 0 bridgehead atoms. The van der Waals surface area contributed by atoms with Gasteiger partial charge < -0.3 is 14.6 Å². The van der Waals surface area contributed by atoms with Gasteiger partial charge in [-0.1, -0.05) is 0 Å². The maximum Gasteiger partial charge on any atom is 0.0951 e. The van der Waals surface area contributed by atoms with Crippen LogP contribution in [0, 0.1) is 0 Å². The third-order valence-electron chi connectivity index (χ3n) is 4.25. The molecule has 1 aliphatic heterocycles. The first-order chi connectivity index (χ1) is 8.40. The predicted molar refractivity (Wildman–Crippen MR) is 66.1 cm³/mol. The lowest BCUT2D eigenvalue weighted by Crippen LogP contribution is -2.23. The van der Waals surface area contributed by atoms with Crippen molar-refractivity contribution in [3.8, 4) is 0 Å². The molecular weight excluding hydrogens is 214 g/mol. The van der Waals surface area contributed by atoms with Crippen molar-refractivity contribution >= 4 is 0 Å². The Bertz CT molecular complexity index is 370. The maximum absolute atomic E-state index is 5.60. The quantitative estimate of drug-likeness (QED) is 0.866. The van der Waals surface area contributed by atoms with Gasteiger partial charge in [0.05, 0.1) is 18.5 Å². The summed E-state index contributed by atoms with van der Waals surface area (Å²) in [5, 5.41) is 3.43. The van der Waals surface area contributed by atoms with Crippen molar-refractivity contribution in [2.24, 2.45) is 0 Å². The van der Waals surface area contributed by atoms with Gasteiger partial charge in [0.1, 0.15) is 0 Å². The third kappa shape index (κ3) is 2.00. The van der Waals surface area contributed by atoms with E-state index in [0.29, 0.717) is 18.1 Å². The minimum absolute atomic E-state index is 0.373. The van der Waals surface area contributed by atoms with E-state index in [2.05, 4.69) is 14.9 Å². The maximum atomic E-state index is 5.60. The number of aromatic nitrogens is 2. The Hall–Kier alpha value is -0.870. The van der Waals surface area contributed by atoms with Gasteiger partial charge >= 0.3 is 0 Å². The molecule has 1 aliphatic carbocycles. The fourth-order valence-electron chi connectivity index (χ4n) is 3.31. The van der Waals surface area contributed by atoms with Gasteiger partial charge in [-0.3, -0.25) is 0 Å². The van der Waals surface area contributed by atoms with Crippen LogP contribution in [0.2, 0.25) is 0 Å². The zero-order valence-corrected chi connectivity index (χ0v) is 10.4. The lowest BCUT2D eigenvalue weighted by Gasteiger charge is -2.23. The Kier molecular flexibility index (Phi) is 3.16. The van der Waals surface area contributed by atoms with E-state index in [4.69, 9.17) is 4.74 Å². The smallest absolute Gasteiger partial charge is 0.0951 e. The van der Waals surface area contributed by atoms with Crippen molar-refractivity contribution in [3.05, 3.63) is 18.2 Å². The standard InChI is InChI=1S/C13H21N3O/c1-17-13-4-2-3-11(13)16-9-15-8-12(16)10-5-6-14-7-10/h8-11,13-14H,2-7H2,1H3. The van der Waals surface area contributed by atoms with Crippen LogP contribution < -0.4 is 5.32 Å². The van der Waals surface area contributed by atoms with E-state index < -0.39 is 0 Å². The molecule has 1 saturated heterocycles. The summed E-state index contributed by atoms with van der Waals surface area (Å²) in [6, 6.07) is 0.498. The minimum Gasteiger partial charge on any atom is -0.379 e. The van der Waals surface area contributed by atoms with Crippen molar-refractivity contribution in [2.75, 3.05) is 20.2 Å². The number of nitrogens with one attached hydrogen (secondary N) is 1. The van der Waals surface area contributed by atoms with E-state index in [0.717, 1.165) is 13.1 Å². The van der Waals surface area contributed by atoms with E-state index in [9.17, 15) is 0 Å². The Morgan fingerprint density at radius 2 is 2.35 bits per heavy atom. The second-order valence-corrected chi connectivity index (χ2v) is 5.19. The van der Waals surface area contributed by atoms with Crippen molar-refractivity contribution in [3.63, 3.8) is 0 Å². The Morgan fingerprint density at radius 3 is 3.12 bits per heavy atom. The van der Waals surface area contributed by atoms with E-state index in [-0.39, 0.29) is 0 Å². The molecular formula is C13H21N3O. The molecule has 3 unspecified atom stereocenters. The highest BCUT2D eigenvalue weighted by molar-refractivity contribution is 5.11. The SMILES string of the molecule is COC1CCCC1n1cncc1C1CCNC1. The van der Waals surface area contributed by atoms with Crippen LogP contribution in [0.15, 0.2) is 12.5 Å². The summed E-state index contributed by atoms with van der Waals surface area (Å²) >= 11 is 0. The molecule has 2 heterocycles. The molecule has 0 spiro atoms. The zero-order valence-electron chi connectivity index (χ0n) is 10.4. The van der Waals surface area contributed by atoms with Crippen LogP contribution in [-0.2, 0) is 4.74 Å². The fraction of sp³-hybridized carbons (Fsp3) is 0.769. The molecule has 3 atom stereocenters. The Labute approximate surface area is 102 Å². The average molecular weight is 235 g/mol. The van der Waals surface area contributed by atoms with Crippen LogP contribution >= 0.6 is 0 Å². The summed E-state index contributed by atoms with van der Waals surface area (Å²) in [6.45, 7) is 2.23. The van der Waals surface area contributed by atoms with Crippen LogP contribution in [0.4, 0.5) is 0 Å².